The lowest BCUT2D eigenvalue weighted by Gasteiger charge is -2.52. The van der Waals surface area contributed by atoms with Gasteiger partial charge in [-0.25, -0.2) is 0 Å². The molecule has 9 aliphatic heterocycles. The monoisotopic (exact) mass is 2160 g/mol. The van der Waals surface area contributed by atoms with Crippen LogP contribution in [0.25, 0.3) is 0 Å². The summed E-state index contributed by atoms with van der Waals surface area (Å²) in [6.07, 6.45) is -59.6. The van der Waals surface area contributed by atoms with Crippen LogP contribution in [0.4, 0.5) is 0 Å². The van der Waals surface area contributed by atoms with E-state index in [-0.39, 0.29) is 82.0 Å². The third kappa shape index (κ3) is 35.3. The van der Waals surface area contributed by atoms with Gasteiger partial charge in [0.1, 0.15) is 104 Å². The molecule has 2 amide bonds. The number of amides is 2. The standard InChI is InChI=1S/C104H183N3O43/c1-19-65-70(117)30-24-28-61(111)35-63(113)33-31-46(3)76(144-102-95(149-99-89(128)87(126)84(123)55(12)139-99)94(147-79-40-67(107-60(17)110)83(122)54(11)137-79)92(57(14)141-102)148-101-91(130)93(85(124)56(13)140-101)146-78-39-66(106-59(16)109)82(121)53(10)136-78)42-104(134)97(132)72(119)41-75(150-104)51(8)74(143-100-90(129)88(127)86(125)77(44-108)145-100)38-64(114)36-71(118)50(7)68(115)29-23-21-25-45(2)73(142-98(65)133)37-62(112)27-22-20-26-47(4)81(120)48(5)32-34-69(116)49(6)52(9)135-80-43-103(18,105)96(131)58(15)138-80/h21,23-25,29-30,45-58,61-97,99-102,108,111-132,134H,19-20,22,26-28,31-44,105H2,1-18H3,(H,106,109)(H,107,110)/b25-21-,29-23+,30-24+/t45?,46?,47?,48?,49?,50?,51?,52?,53-,54-,55-,56+,57+,58+,61?,62?,63?,64?,65?,66+,67+,68?,69?,70?,71?,72?,73?,74?,75?,76?,77?,78-,79-,80+,81?,82+,83+,84+,85+,86+,87-,88-,89?,90+,91-,92-,93-,94-,95-,96+,97?,99-,100+,101-,102+,103-,104?/m0/s1. The van der Waals surface area contributed by atoms with Crippen LogP contribution in [0.3, 0.4) is 0 Å². The smallest absolute Gasteiger partial charge is 0.312 e. The predicted molar refractivity (Wildman–Crippen MR) is 530 cm³/mol. The Balaban J connectivity index is 1.02. The first-order valence-corrected chi connectivity index (χ1v) is 54.0. The van der Waals surface area contributed by atoms with Crippen molar-refractivity contribution in [1.82, 2.24) is 10.6 Å². The summed E-state index contributed by atoms with van der Waals surface area (Å²) in [6.45, 7) is 27.7. The molecule has 9 heterocycles. The van der Waals surface area contributed by atoms with Crippen LogP contribution in [0.1, 0.15) is 247 Å². The lowest BCUT2D eigenvalue weighted by molar-refractivity contribution is -0.407. The second-order valence-electron chi connectivity index (χ2n) is 44.8. The van der Waals surface area contributed by atoms with Gasteiger partial charge in [0.25, 0.3) is 0 Å². The number of ether oxygens (including phenoxy) is 16. The molecule has 8 saturated heterocycles. The molecule has 0 aliphatic carbocycles. The van der Waals surface area contributed by atoms with Gasteiger partial charge in [0.15, 0.2) is 49.8 Å². The average molecular weight is 2160 g/mol. The first-order valence-electron chi connectivity index (χ1n) is 54.0. The number of cyclic esters (lactones) is 1. The highest BCUT2D eigenvalue weighted by Crippen LogP contribution is 2.45. The van der Waals surface area contributed by atoms with Gasteiger partial charge in [0.2, 0.25) is 11.8 Å². The largest absolute Gasteiger partial charge is 0.461 e. The molecule has 0 spiro atoms. The van der Waals surface area contributed by atoms with Gasteiger partial charge in [-0.3, -0.25) is 14.4 Å². The summed E-state index contributed by atoms with van der Waals surface area (Å²) in [7, 11) is 0. The maximum atomic E-state index is 14.5. The van der Waals surface area contributed by atoms with Crippen LogP contribution in [-0.4, -0.2) is 446 Å². The van der Waals surface area contributed by atoms with E-state index in [1.165, 1.54) is 86.6 Å². The fraction of sp³-hybridized carbons (Fsp3) is 0.913. The summed E-state index contributed by atoms with van der Waals surface area (Å²) in [5, 5.41) is 286. The van der Waals surface area contributed by atoms with E-state index in [9.17, 15) is 137 Å². The van der Waals surface area contributed by atoms with E-state index in [1.54, 1.807) is 46.8 Å². The topological polar surface area (TPSA) is 734 Å². The molecule has 872 valence electrons. The van der Waals surface area contributed by atoms with Gasteiger partial charge in [0, 0.05) is 88.0 Å². The van der Waals surface area contributed by atoms with Crippen molar-refractivity contribution in [3.05, 3.63) is 36.5 Å². The molecule has 28 N–H and O–H groups in total. The number of carbonyl (C=O) groups is 3. The SMILES string of the molecule is CCC1C(=O)OC(CC(O)CCCCC(C)C(O)C(C)CCC(O)C(C)C(C)O[C@H]2C[C@](C)(N)[C@H](O)[C@@H](C)O2)C(C)/C=C\C=C\C(O)C(C)C(O)CC(O)CC(O[C@@H]2OC(CO)[C@@H](O)[C@H](O)[C@H]2O)C(C)C2CC(O)C(O)C(O)(CC(O[C@H]3O[C@H](C)[C@H](O[C@@H]4O[C@H](C)[C@@H](O)[C@H](O[C@H]5C[C@@H](NC(C)=O)[C@H](O)[C@H](C)O5)[C@@H]4O)[C@H](O[C@H]4C[C@@H](NC(C)=O)[C@H](O)[C@H](C)O4)[C@@H]3O[C@@H]3O[C@@H](C)[C@@H](O)[C@H](O)C3O)C(C)CCC(O)CC(O)C/C=C/C1O)O2. The van der Waals surface area contributed by atoms with Crippen molar-refractivity contribution in [2.24, 2.45) is 53.1 Å². The minimum atomic E-state index is -3.03. The van der Waals surface area contributed by atoms with Gasteiger partial charge >= 0.3 is 5.97 Å². The summed E-state index contributed by atoms with van der Waals surface area (Å²) in [4.78, 5) is 39.7. The molecule has 0 aromatic carbocycles. The van der Waals surface area contributed by atoms with E-state index in [0.29, 0.717) is 32.1 Å². The fourth-order valence-corrected chi connectivity index (χ4v) is 21.7. The van der Waals surface area contributed by atoms with Crippen LogP contribution in [0, 0.1) is 47.3 Å². The van der Waals surface area contributed by atoms with Crippen LogP contribution in [0.2, 0.25) is 0 Å². The maximum Gasteiger partial charge on any atom is 0.312 e. The molecule has 46 heteroatoms. The highest BCUT2D eigenvalue weighted by molar-refractivity contribution is 5.74. The Bertz CT molecular complexity index is 4060. The molecule has 8 fully saturated rings. The number of esters is 1. The summed E-state index contributed by atoms with van der Waals surface area (Å²) >= 11 is 0. The van der Waals surface area contributed by atoms with E-state index >= 15 is 0 Å². The van der Waals surface area contributed by atoms with Gasteiger partial charge in [-0.05, 0) is 137 Å². The molecule has 9 rings (SSSR count). The number of allylic oxidation sites excluding steroid dienone is 2. The Morgan fingerprint density at radius 1 is 0.480 bits per heavy atom. The van der Waals surface area contributed by atoms with Crippen molar-refractivity contribution < 1.29 is 213 Å². The lowest BCUT2D eigenvalue weighted by atomic mass is 9.82. The average Bonchev–Trinajstić information content (AvgIpc) is 0.765. The van der Waals surface area contributed by atoms with Crippen molar-refractivity contribution >= 4 is 17.8 Å². The molecule has 27 unspecified atom stereocenters. The van der Waals surface area contributed by atoms with E-state index in [2.05, 4.69) is 10.6 Å². The molecular formula is C104H183N3O43. The highest BCUT2D eigenvalue weighted by atomic mass is 16.8. The van der Waals surface area contributed by atoms with Gasteiger partial charge in [-0.15, -0.1) is 0 Å². The van der Waals surface area contributed by atoms with Crippen molar-refractivity contribution in [3.63, 3.8) is 0 Å². The van der Waals surface area contributed by atoms with Crippen LogP contribution >= 0.6 is 0 Å². The molecule has 0 aromatic heterocycles. The lowest BCUT2D eigenvalue weighted by Crippen LogP contribution is -2.68. The van der Waals surface area contributed by atoms with Crippen LogP contribution in [-0.2, 0) is 90.2 Å². The Hall–Kier alpha value is -3.97. The van der Waals surface area contributed by atoms with Gasteiger partial charge in [-0.2, -0.15) is 0 Å². The number of fused-ring (bicyclic) bond motifs is 2. The zero-order chi connectivity index (χ0) is 112. The molecule has 57 atom stereocenters. The van der Waals surface area contributed by atoms with Gasteiger partial charge in [0.05, 0.1) is 153 Å². The summed E-state index contributed by atoms with van der Waals surface area (Å²) in [5.74, 6) is -10.8. The van der Waals surface area contributed by atoms with Crippen LogP contribution in [0.5, 0.6) is 0 Å². The molecule has 0 radical (unpaired) electrons. The number of unbranched alkanes of at least 4 members (excludes halogenated alkanes) is 1. The molecule has 0 aromatic rings. The van der Waals surface area contributed by atoms with Crippen LogP contribution < -0.4 is 16.4 Å². The van der Waals surface area contributed by atoms with E-state index in [0.717, 1.165) is 0 Å². The third-order valence-electron chi connectivity index (χ3n) is 32.2. The Morgan fingerprint density at radius 3 is 1.62 bits per heavy atom. The quantitative estimate of drug-likeness (QED) is 0.0192. The fourth-order valence-electron chi connectivity index (χ4n) is 21.7. The number of rotatable bonds is 32. The first kappa shape index (κ1) is 129. The van der Waals surface area contributed by atoms with Crippen molar-refractivity contribution in [2.75, 3.05) is 6.61 Å². The summed E-state index contributed by atoms with van der Waals surface area (Å²) < 4.78 is 103. The Kier molecular flexibility index (Phi) is 50.8. The normalized spacial score (nSPS) is 46.8. The predicted octanol–water partition coefficient (Wildman–Crippen LogP) is -2.26. The number of nitrogens with one attached hydrogen (secondary N) is 2. The van der Waals surface area contributed by atoms with Gasteiger partial charge < -0.3 is 215 Å². The van der Waals surface area contributed by atoms with Crippen LogP contribution in [0.15, 0.2) is 36.5 Å². The summed E-state index contributed by atoms with van der Waals surface area (Å²) in [6, 6.07) is -2.02. The highest BCUT2D eigenvalue weighted by Gasteiger charge is 2.60. The van der Waals surface area contributed by atoms with E-state index < -0.39 is 379 Å². The van der Waals surface area contributed by atoms with Gasteiger partial charge in [-0.1, -0.05) is 105 Å². The maximum absolute atomic E-state index is 14.5. The molecule has 0 saturated carbocycles. The van der Waals surface area contributed by atoms with Crippen molar-refractivity contribution in [2.45, 2.75) is 546 Å². The number of nitrogens with two attached hydrogens (primary N) is 1. The molecule has 2 bridgehead atoms. The second kappa shape index (κ2) is 58.9. The van der Waals surface area contributed by atoms with Crippen molar-refractivity contribution in [3.8, 4) is 0 Å². The Labute approximate surface area is 879 Å². The second-order valence-corrected chi connectivity index (χ2v) is 44.8. The molecule has 150 heavy (non-hydrogen) atoms. The minimum absolute atomic E-state index is 0.0422. The number of hydrogen-bond donors (Lipinski definition) is 27. The number of carbonyl (C=O) groups excluding carboxylic acids is 3. The summed E-state index contributed by atoms with van der Waals surface area (Å²) in [5.41, 5.74) is 5.43. The number of hydrogen-bond acceptors (Lipinski definition) is 44. The Morgan fingerprint density at radius 2 is 1.02 bits per heavy atom. The molecule has 46 nitrogen and oxygen atoms in total. The third-order valence-corrected chi connectivity index (χ3v) is 32.2. The van der Waals surface area contributed by atoms with Crippen molar-refractivity contribution in [1.29, 1.82) is 0 Å². The van der Waals surface area contributed by atoms with E-state index in [1.807, 2.05) is 27.7 Å². The number of aliphatic hydroxyl groups is 24. The molecule has 9 aliphatic rings. The molecular weight excluding hydrogens is 1980 g/mol. The van der Waals surface area contributed by atoms with E-state index in [4.69, 9.17) is 81.5 Å². The zero-order valence-corrected chi connectivity index (χ0v) is 89.9. The number of aliphatic hydroxyl groups excluding tert-OH is 23. The zero-order valence-electron chi connectivity index (χ0n) is 89.9. The first-order chi connectivity index (χ1) is 70.3. The minimum Gasteiger partial charge on any atom is -0.461 e.